The summed E-state index contributed by atoms with van der Waals surface area (Å²) >= 11 is 0. The molecule has 0 atom stereocenters. The Labute approximate surface area is 239 Å². The van der Waals surface area contributed by atoms with E-state index in [1.54, 1.807) is 0 Å². The van der Waals surface area contributed by atoms with Crippen LogP contribution < -0.4 is 20.7 Å². The van der Waals surface area contributed by atoms with E-state index in [9.17, 15) is 0 Å². The summed E-state index contributed by atoms with van der Waals surface area (Å²) < 4.78 is 6.41. The van der Waals surface area contributed by atoms with E-state index in [2.05, 4.69) is 151 Å². The maximum atomic E-state index is 6.41. The smallest absolute Gasteiger partial charge is 0.136 e. The number of nitrogens with zero attached hydrogens (tertiary/aromatic N) is 1. The largest absolute Gasteiger partial charge is 0.456 e. The second-order valence-corrected chi connectivity index (χ2v) is 10.2. The second-order valence-electron chi connectivity index (χ2n) is 10.2. The lowest BCUT2D eigenvalue weighted by atomic mass is 9.95. The van der Waals surface area contributed by atoms with Crippen molar-refractivity contribution in [2.75, 3.05) is 10.2 Å². The maximum Gasteiger partial charge on any atom is 0.136 e. The van der Waals surface area contributed by atoms with Crippen LogP contribution in [0.15, 0.2) is 126 Å². The zero-order valence-electron chi connectivity index (χ0n) is 22.8. The Morgan fingerprint density at radius 2 is 1.22 bits per heavy atom. The summed E-state index contributed by atoms with van der Waals surface area (Å²) in [4.78, 5) is 2.38. The van der Waals surface area contributed by atoms with Crippen LogP contribution in [0.25, 0.3) is 44.1 Å². The number of para-hydroxylation sites is 3. The van der Waals surface area contributed by atoms with Crippen LogP contribution in [0.1, 0.15) is 12.5 Å². The molecule has 1 N–H and O–H groups in total. The van der Waals surface area contributed by atoms with E-state index in [1.165, 1.54) is 54.6 Å². The summed E-state index contributed by atoms with van der Waals surface area (Å²) in [5.74, 6) is 0. The number of fused-ring (bicyclic) bond motifs is 1. The molecule has 0 spiro atoms. The number of anilines is 3. The average Bonchev–Trinajstić information content (AvgIpc) is 3.64. The molecule has 3 nitrogen and oxygen atoms in total. The van der Waals surface area contributed by atoms with Crippen LogP contribution in [0.4, 0.5) is 17.1 Å². The number of furan rings is 1. The van der Waals surface area contributed by atoms with Crippen molar-refractivity contribution in [3.8, 4) is 12.8 Å². The lowest BCUT2D eigenvalue weighted by Crippen LogP contribution is -2.36. The molecule has 0 bridgehead atoms. The predicted octanol–water partition coefficient (Wildman–Crippen LogP) is 8.17. The van der Waals surface area contributed by atoms with Crippen molar-refractivity contribution < 1.29 is 4.42 Å². The molecular formula is C38H28N2O. The van der Waals surface area contributed by atoms with Gasteiger partial charge in [0.05, 0.1) is 0 Å². The highest BCUT2D eigenvalue weighted by Gasteiger charge is 2.23. The van der Waals surface area contributed by atoms with Gasteiger partial charge in [0.15, 0.2) is 0 Å². The Kier molecular flexibility index (Phi) is 5.95. The molecule has 0 aliphatic carbocycles. The SMILES string of the molecule is C#C.C/C(=c1\c(=C2/Cc3ccccc3N2)c2cccc3oc4cccc1c4c32)N(c1ccccc1)c1ccccc1. The standard InChI is InChI=1S/C36H26N2O.C2H2/c1-23(38(25-13-4-2-5-14-25)26-15-6-3-7-16-26)33-27-17-10-20-31-35(27)36-28(18-11-21-32(36)39-31)34(33)30-22-24-12-8-9-19-29(24)37-30;1-2/h2-21,37H,22H2,1H3;1-2H/b33-23+,34-30+;. The summed E-state index contributed by atoms with van der Waals surface area (Å²) in [6.45, 7) is 2.25. The van der Waals surface area contributed by atoms with Crippen molar-refractivity contribution in [3.05, 3.63) is 137 Å². The number of hydrogen-bond acceptors (Lipinski definition) is 3. The van der Waals surface area contributed by atoms with E-state index in [0.717, 1.165) is 29.0 Å². The molecule has 2 heterocycles. The Bertz CT molecular complexity index is 2110. The topological polar surface area (TPSA) is 28.4 Å². The van der Waals surface area contributed by atoms with E-state index in [4.69, 9.17) is 4.42 Å². The molecule has 1 aliphatic rings. The molecule has 0 unspecified atom stereocenters. The second kappa shape index (κ2) is 9.93. The highest BCUT2D eigenvalue weighted by molar-refractivity contribution is 6.22. The molecule has 0 fully saturated rings. The van der Waals surface area contributed by atoms with E-state index in [-0.39, 0.29) is 0 Å². The monoisotopic (exact) mass is 528 g/mol. The van der Waals surface area contributed by atoms with Crippen LogP contribution >= 0.6 is 0 Å². The van der Waals surface area contributed by atoms with Crippen LogP contribution in [-0.2, 0) is 6.42 Å². The summed E-state index contributed by atoms with van der Waals surface area (Å²) in [5.41, 5.74) is 9.02. The quantitative estimate of drug-likeness (QED) is 0.185. The van der Waals surface area contributed by atoms with Gasteiger partial charge in [0.2, 0.25) is 0 Å². The first-order chi connectivity index (χ1) is 20.3. The Morgan fingerprint density at radius 1 is 0.659 bits per heavy atom. The van der Waals surface area contributed by atoms with Gasteiger partial charge in [-0.2, -0.15) is 0 Å². The minimum atomic E-state index is 0.860. The lowest BCUT2D eigenvalue weighted by molar-refractivity contribution is 0.669. The minimum absolute atomic E-state index is 0.860. The van der Waals surface area contributed by atoms with Gasteiger partial charge in [0.25, 0.3) is 0 Å². The first-order valence-corrected chi connectivity index (χ1v) is 13.8. The van der Waals surface area contributed by atoms with Crippen molar-refractivity contribution >= 4 is 61.2 Å². The van der Waals surface area contributed by atoms with Gasteiger partial charge in [0, 0.05) is 56.1 Å². The summed E-state index contributed by atoms with van der Waals surface area (Å²) in [5, 5.41) is 11.1. The molecule has 3 heteroatoms. The lowest BCUT2D eigenvalue weighted by Gasteiger charge is -2.27. The fraction of sp³-hybridized carbons (Fsp3) is 0.0526. The van der Waals surface area contributed by atoms with Crippen molar-refractivity contribution in [1.29, 1.82) is 0 Å². The number of terminal acetylenes is 1. The highest BCUT2D eigenvalue weighted by Crippen LogP contribution is 2.36. The van der Waals surface area contributed by atoms with Gasteiger partial charge in [-0.1, -0.05) is 78.9 Å². The minimum Gasteiger partial charge on any atom is -0.456 e. The molecule has 6 aromatic carbocycles. The number of nitrogens with one attached hydrogen (secondary N) is 1. The molecule has 7 aromatic rings. The van der Waals surface area contributed by atoms with Crippen molar-refractivity contribution in [1.82, 2.24) is 0 Å². The number of rotatable bonds is 3. The fourth-order valence-corrected chi connectivity index (χ4v) is 6.39. The van der Waals surface area contributed by atoms with Crippen LogP contribution in [0.2, 0.25) is 0 Å². The third-order valence-corrected chi connectivity index (χ3v) is 8.01. The van der Waals surface area contributed by atoms with Gasteiger partial charge in [0.1, 0.15) is 11.2 Å². The van der Waals surface area contributed by atoms with Crippen LogP contribution in [0, 0.1) is 12.8 Å². The van der Waals surface area contributed by atoms with Crippen LogP contribution in [0.3, 0.4) is 0 Å². The van der Waals surface area contributed by atoms with Gasteiger partial charge in [-0.3, -0.25) is 0 Å². The number of hydrogen-bond donors (Lipinski definition) is 1. The normalized spacial score (nSPS) is 14.4. The molecule has 0 amide bonds. The summed E-state index contributed by atoms with van der Waals surface area (Å²) in [7, 11) is 0. The molecule has 1 aromatic heterocycles. The molecule has 41 heavy (non-hydrogen) atoms. The van der Waals surface area contributed by atoms with E-state index in [1.807, 2.05) is 0 Å². The molecular weight excluding hydrogens is 500 g/mol. The Balaban J connectivity index is 0.00000135. The van der Waals surface area contributed by atoms with Gasteiger partial charge in [-0.05, 0) is 65.7 Å². The van der Waals surface area contributed by atoms with Gasteiger partial charge < -0.3 is 14.6 Å². The maximum absolute atomic E-state index is 6.41. The van der Waals surface area contributed by atoms with Gasteiger partial charge >= 0.3 is 0 Å². The van der Waals surface area contributed by atoms with Gasteiger partial charge in [-0.25, -0.2) is 0 Å². The Hall–Kier alpha value is -5.46. The first-order valence-electron chi connectivity index (χ1n) is 13.8. The third kappa shape index (κ3) is 3.84. The van der Waals surface area contributed by atoms with E-state index < -0.39 is 0 Å². The van der Waals surface area contributed by atoms with E-state index in [0.29, 0.717) is 0 Å². The zero-order chi connectivity index (χ0) is 27.9. The zero-order valence-corrected chi connectivity index (χ0v) is 22.8. The third-order valence-electron chi connectivity index (χ3n) is 8.01. The fourth-order valence-electron chi connectivity index (χ4n) is 6.39. The van der Waals surface area contributed by atoms with E-state index >= 15 is 0 Å². The van der Waals surface area contributed by atoms with Crippen LogP contribution in [0.5, 0.6) is 0 Å². The predicted molar refractivity (Wildman–Crippen MR) is 173 cm³/mol. The first kappa shape index (κ1) is 24.6. The highest BCUT2D eigenvalue weighted by atomic mass is 16.3. The molecule has 196 valence electrons. The molecule has 0 saturated heterocycles. The molecule has 0 radical (unpaired) electrons. The van der Waals surface area contributed by atoms with Crippen molar-refractivity contribution in [2.24, 2.45) is 0 Å². The van der Waals surface area contributed by atoms with Crippen molar-refractivity contribution in [3.63, 3.8) is 0 Å². The average molecular weight is 529 g/mol. The van der Waals surface area contributed by atoms with Crippen LogP contribution in [-0.4, -0.2) is 0 Å². The summed E-state index contributed by atoms with van der Waals surface area (Å²) in [6.07, 6.45) is 8.86. The summed E-state index contributed by atoms with van der Waals surface area (Å²) in [6, 6.07) is 42.8. The molecule has 8 rings (SSSR count). The van der Waals surface area contributed by atoms with Crippen molar-refractivity contribution in [2.45, 2.75) is 13.3 Å². The Morgan fingerprint density at radius 3 is 1.85 bits per heavy atom. The van der Waals surface area contributed by atoms with Gasteiger partial charge in [-0.15, -0.1) is 12.8 Å². The number of benzene rings is 6. The molecule has 1 aliphatic heterocycles. The molecule has 0 saturated carbocycles.